The summed E-state index contributed by atoms with van der Waals surface area (Å²) in [5, 5.41) is 6.05. The number of fused-ring (bicyclic) bond motifs is 1. The van der Waals surface area contributed by atoms with Gasteiger partial charge in [-0.25, -0.2) is 4.79 Å². The van der Waals surface area contributed by atoms with Gasteiger partial charge < -0.3 is 25.4 Å². The summed E-state index contributed by atoms with van der Waals surface area (Å²) in [4.78, 5) is 58.4. The summed E-state index contributed by atoms with van der Waals surface area (Å²) in [6.07, 6.45) is 1.48. The molecule has 0 atom stereocenters. The van der Waals surface area contributed by atoms with Gasteiger partial charge in [0.2, 0.25) is 0 Å². The average molecular weight is 528 g/mol. The molecule has 0 bridgehead atoms. The standard InChI is InChI=1S/C28H25N5O4S/c34-25(27(36)33-15-13-32(14-16-33)26(35)18-5-2-1-3-6-18)22-17-29-24-21(22)7-4-8-23(24)31-28(37)30-19-9-11-20(38)12-10-19/h1-12,17,29,38H,13-16H2,(H2,30,31,37). The van der Waals surface area contributed by atoms with Gasteiger partial charge in [-0.05, 0) is 42.5 Å². The lowest BCUT2D eigenvalue weighted by Crippen LogP contribution is -2.52. The first-order valence-corrected chi connectivity index (χ1v) is 12.5. The van der Waals surface area contributed by atoms with Crippen LogP contribution in [0.3, 0.4) is 0 Å². The smallest absolute Gasteiger partial charge is 0.323 e. The van der Waals surface area contributed by atoms with Gasteiger partial charge in [0.1, 0.15) is 0 Å². The quantitative estimate of drug-likeness (QED) is 0.176. The van der Waals surface area contributed by atoms with Crippen molar-refractivity contribution in [1.29, 1.82) is 0 Å². The molecule has 1 aromatic heterocycles. The number of nitrogens with zero attached hydrogens (tertiary/aromatic N) is 2. The van der Waals surface area contributed by atoms with E-state index in [0.29, 0.717) is 40.9 Å². The van der Waals surface area contributed by atoms with Crippen molar-refractivity contribution in [2.24, 2.45) is 0 Å². The van der Waals surface area contributed by atoms with E-state index in [0.717, 1.165) is 4.90 Å². The minimum Gasteiger partial charge on any atom is -0.359 e. The number of carbonyl (C=O) groups excluding carboxylic acids is 4. The molecule has 0 aliphatic carbocycles. The molecule has 9 nitrogen and oxygen atoms in total. The van der Waals surface area contributed by atoms with Gasteiger partial charge in [0.25, 0.3) is 17.6 Å². The van der Waals surface area contributed by atoms with Gasteiger partial charge in [-0.1, -0.05) is 30.3 Å². The Morgan fingerprint density at radius 3 is 2.16 bits per heavy atom. The molecule has 0 saturated carbocycles. The highest BCUT2D eigenvalue weighted by molar-refractivity contribution is 7.80. The third kappa shape index (κ3) is 5.25. The Bertz CT molecular complexity index is 1510. The number of para-hydroxylation sites is 1. The van der Waals surface area contributed by atoms with Gasteiger partial charge in [-0.2, -0.15) is 0 Å². The number of benzene rings is 3. The molecule has 1 aliphatic heterocycles. The highest BCUT2D eigenvalue weighted by atomic mass is 32.1. The van der Waals surface area contributed by atoms with E-state index >= 15 is 0 Å². The molecule has 0 radical (unpaired) electrons. The molecule has 192 valence electrons. The normalized spacial score (nSPS) is 13.3. The number of carbonyl (C=O) groups is 4. The molecule has 38 heavy (non-hydrogen) atoms. The molecular formula is C28H25N5O4S. The van der Waals surface area contributed by atoms with Gasteiger partial charge in [0, 0.05) is 53.9 Å². The Hall–Kier alpha value is -4.57. The number of anilines is 2. The average Bonchev–Trinajstić information content (AvgIpc) is 3.39. The topological polar surface area (TPSA) is 115 Å². The number of H-pyrrole nitrogens is 1. The molecule has 4 amide bonds. The number of rotatable bonds is 5. The fraction of sp³-hybridized carbons (Fsp3) is 0.143. The van der Waals surface area contributed by atoms with Crippen LogP contribution in [0.5, 0.6) is 0 Å². The zero-order chi connectivity index (χ0) is 26.6. The van der Waals surface area contributed by atoms with E-state index in [1.165, 1.54) is 11.1 Å². The third-order valence-electron chi connectivity index (χ3n) is 6.40. The number of hydrogen-bond acceptors (Lipinski definition) is 5. The molecule has 3 aromatic carbocycles. The third-order valence-corrected chi connectivity index (χ3v) is 6.70. The monoisotopic (exact) mass is 527 g/mol. The Kier molecular flexibility index (Phi) is 7.14. The van der Waals surface area contributed by atoms with E-state index in [4.69, 9.17) is 0 Å². The lowest BCUT2D eigenvalue weighted by atomic mass is 10.1. The zero-order valence-electron chi connectivity index (χ0n) is 20.3. The van der Waals surface area contributed by atoms with Crippen LogP contribution in [0.1, 0.15) is 20.7 Å². The van der Waals surface area contributed by atoms with Gasteiger partial charge >= 0.3 is 6.03 Å². The van der Waals surface area contributed by atoms with Crippen molar-refractivity contribution in [2.75, 3.05) is 36.8 Å². The number of aromatic nitrogens is 1. The summed E-state index contributed by atoms with van der Waals surface area (Å²) in [7, 11) is 0. The van der Waals surface area contributed by atoms with Crippen molar-refractivity contribution in [2.45, 2.75) is 4.90 Å². The van der Waals surface area contributed by atoms with Crippen molar-refractivity contribution >= 4 is 58.5 Å². The molecular weight excluding hydrogens is 502 g/mol. The Balaban J connectivity index is 1.24. The molecule has 0 unspecified atom stereocenters. The Labute approximate surface area is 224 Å². The number of nitrogens with one attached hydrogen (secondary N) is 3. The highest BCUT2D eigenvalue weighted by Crippen LogP contribution is 2.27. The molecule has 1 saturated heterocycles. The first-order valence-electron chi connectivity index (χ1n) is 12.1. The van der Waals surface area contributed by atoms with Crippen LogP contribution in [0.4, 0.5) is 16.2 Å². The first-order chi connectivity index (χ1) is 18.4. The lowest BCUT2D eigenvalue weighted by Gasteiger charge is -2.34. The lowest BCUT2D eigenvalue weighted by molar-refractivity contribution is -0.127. The number of aromatic amines is 1. The molecule has 10 heteroatoms. The maximum Gasteiger partial charge on any atom is 0.323 e. The van der Waals surface area contributed by atoms with Gasteiger partial charge in [0.05, 0.1) is 16.8 Å². The van der Waals surface area contributed by atoms with Crippen LogP contribution in [0.15, 0.2) is 83.9 Å². The Morgan fingerprint density at radius 1 is 0.763 bits per heavy atom. The maximum absolute atomic E-state index is 13.2. The van der Waals surface area contributed by atoms with Crippen LogP contribution < -0.4 is 10.6 Å². The van der Waals surface area contributed by atoms with Crippen LogP contribution in [0, 0.1) is 0 Å². The second-order valence-corrected chi connectivity index (χ2v) is 9.35. The largest absolute Gasteiger partial charge is 0.359 e. The number of urea groups is 1. The number of Topliss-reactive ketones (excluding diaryl/α,β-unsaturated/α-hetero) is 1. The van der Waals surface area contributed by atoms with Crippen molar-refractivity contribution < 1.29 is 19.2 Å². The van der Waals surface area contributed by atoms with Crippen LogP contribution >= 0.6 is 12.6 Å². The summed E-state index contributed by atoms with van der Waals surface area (Å²) < 4.78 is 0. The fourth-order valence-corrected chi connectivity index (χ4v) is 4.56. The first kappa shape index (κ1) is 25.1. The van der Waals surface area contributed by atoms with E-state index in [9.17, 15) is 19.2 Å². The summed E-state index contributed by atoms with van der Waals surface area (Å²) in [5.41, 5.74) is 2.41. The van der Waals surface area contributed by atoms with Gasteiger partial charge in [0.15, 0.2) is 0 Å². The molecule has 3 N–H and O–H groups in total. The molecule has 0 spiro atoms. The van der Waals surface area contributed by atoms with E-state index in [2.05, 4.69) is 28.2 Å². The number of amides is 4. The second-order valence-electron chi connectivity index (χ2n) is 8.84. The SMILES string of the molecule is O=C(Nc1ccc(S)cc1)Nc1cccc2c(C(=O)C(=O)N3CCN(C(=O)c4ccccc4)CC3)c[nH]c12. The fourth-order valence-electron chi connectivity index (χ4n) is 4.41. The highest BCUT2D eigenvalue weighted by Gasteiger charge is 2.30. The van der Waals surface area contributed by atoms with E-state index < -0.39 is 17.7 Å². The Morgan fingerprint density at radius 2 is 1.45 bits per heavy atom. The van der Waals surface area contributed by atoms with E-state index in [1.807, 2.05) is 18.2 Å². The number of thiol groups is 1. The minimum atomic E-state index is -0.646. The number of hydrogen-bond donors (Lipinski definition) is 4. The van der Waals surface area contributed by atoms with Crippen LogP contribution in [0.2, 0.25) is 0 Å². The zero-order valence-corrected chi connectivity index (χ0v) is 21.2. The van der Waals surface area contributed by atoms with Crippen LogP contribution in [0.25, 0.3) is 10.9 Å². The maximum atomic E-state index is 13.2. The van der Waals surface area contributed by atoms with Crippen molar-refractivity contribution in [3.63, 3.8) is 0 Å². The summed E-state index contributed by atoms with van der Waals surface area (Å²) in [6.45, 7) is 1.24. The van der Waals surface area contributed by atoms with Crippen molar-refractivity contribution in [1.82, 2.24) is 14.8 Å². The van der Waals surface area contributed by atoms with Crippen molar-refractivity contribution in [3.05, 3.63) is 90.1 Å². The van der Waals surface area contributed by atoms with E-state index in [-0.39, 0.29) is 24.6 Å². The predicted molar refractivity (Wildman–Crippen MR) is 148 cm³/mol. The summed E-state index contributed by atoms with van der Waals surface area (Å²) >= 11 is 4.23. The van der Waals surface area contributed by atoms with Gasteiger partial charge in [-0.15, -0.1) is 12.6 Å². The predicted octanol–water partition coefficient (Wildman–Crippen LogP) is 4.27. The van der Waals surface area contributed by atoms with E-state index in [1.54, 1.807) is 59.5 Å². The van der Waals surface area contributed by atoms with Gasteiger partial charge in [-0.3, -0.25) is 14.4 Å². The summed E-state index contributed by atoms with van der Waals surface area (Å²) in [5.74, 6) is -1.36. The number of ketones is 1. The summed E-state index contributed by atoms with van der Waals surface area (Å²) in [6, 6.07) is 20.6. The van der Waals surface area contributed by atoms with Crippen LogP contribution in [-0.2, 0) is 4.79 Å². The van der Waals surface area contributed by atoms with Crippen LogP contribution in [-0.4, -0.2) is 64.6 Å². The molecule has 1 aliphatic rings. The van der Waals surface area contributed by atoms with Crippen molar-refractivity contribution in [3.8, 4) is 0 Å². The number of piperazine rings is 1. The second kappa shape index (κ2) is 10.8. The molecule has 2 heterocycles. The molecule has 4 aromatic rings. The molecule has 5 rings (SSSR count). The molecule has 1 fully saturated rings. The minimum absolute atomic E-state index is 0.0940.